The van der Waals surface area contributed by atoms with E-state index in [2.05, 4.69) is 5.32 Å². The molecule has 3 rings (SSSR count). The first-order valence-electron chi connectivity index (χ1n) is 8.02. The van der Waals surface area contributed by atoms with Crippen molar-refractivity contribution in [3.05, 3.63) is 46.9 Å². The first-order chi connectivity index (χ1) is 11.1. The van der Waals surface area contributed by atoms with Gasteiger partial charge in [0.25, 0.3) is 0 Å². The first kappa shape index (κ1) is 15.7. The second kappa shape index (κ2) is 6.52. The molecule has 122 valence electrons. The van der Waals surface area contributed by atoms with Crippen LogP contribution in [0.15, 0.2) is 35.5 Å². The van der Waals surface area contributed by atoms with Crippen LogP contribution in [0.4, 0.5) is 4.39 Å². The summed E-state index contributed by atoms with van der Waals surface area (Å²) in [5, 5.41) is 2.67. The Morgan fingerprint density at radius 2 is 1.96 bits per heavy atom. The molecule has 1 aliphatic carbocycles. The molecule has 0 spiro atoms. The molecule has 4 nitrogen and oxygen atoms in total. The molecule has 1 amide bonds. The molecule has 0 aromatic heterocycles. The van der Waals surface area contributed by atoms with E-state index >= 15 is 0 Å². The predicted octanol–water partition coefficient (Wildman–Crippen LogP) is 3.19. The number of halogens is 1. The van der Waals surface area contributed by atoms with E-state index in [1.807, 2.05) is 0 Å². The lowest BCUT2D eigenvalue weighted by molar-refractivity contribution is -0.144. The van der Waals surface area contributed by atoms with Crippen LogP contribution in [0.3, 0.4) is 0 Å². The Morgan fingerprint density at radius 1 is 1.26 bits per heavy atom. The average Bonchev–Trinajstić information content (AvgIpc) is 2.99. The number of benzene rings is 1. The monoisotopic (exact) mass is 317 g/mol. The van der Waals surface area contributed by atoms with Crippen LogP contribution in [-0.4, -0.2) is 18.0 Å². The third kappa shape index (κ3) is 3.28. The molecule has 5 heteroatoms. The van der Waals surface area contributed by atoms with Crippen molar-refractivity contribution >= 4 is 11.9 Å². The number of ether oxygens (including phenoxy) is 1. The average molecular weight is 317 g/mol. The van der Waals surface area contributed by atoms with Gasteiger partial charge in [0.1, 0.15) is 11.9 Å². The Kier molecular flexibility index (Phi) is 4.46. The lowest BCUT2D eigenvalue weighted by Crippen LogP contribution is -2.35. The number of amides is 1. The molecular weight excluding hydrogens is 297 g/mol. The van der Waals surface area contributed by atoms with Crippen molar-refractivity contribution in [2.24, 2.45) is 0 Å². The molecule has 23 heavy (non-hydrogen) atoms. The summed E-state index contributed by atoms with van der Waals surface area (Å²) in [5.41, 5.74) is 1.18. The van der Waals surface area contributed by atoms with Gasteiger partial charge >= 0.3 is 5.97 Å². The van der Waals surface area contributed by atoms with Crippen molar-refractivity contribution in [3.63, 3.8) is 0 Å². The fourth-order valence-corrected chi connectivity index (χ4v) is 3.42. The molecule has 1 atom stereocenters. The number of nitrogens with one attached hydrogen (secondary N) is 1. The van der Waals surface area contributed by atoms with Crippen LogP contribution in [0.2, 0.25) is 0 Å². The lowest BCUT2D eigenvalue weighted by atomic mass is 9.84. The number of hydrogen-bond acceptors (Lipinski definition) is 3. The van der Waals surface area contributed by atoms with E-state index in [0.29, 0.717) is 16.8 Å². The molecule has 0 saturated heterocycles. The molecule has 1 N–H and O–H groups in total. The molecule has 1 saturated carbocycles. The minimum Gasteiger partial charge on any atom is -0.459 e. The van der Waals surface area contributed by atoms with E-state index in [-0.39, 0.29) is 18.4 Å². The standard InChI is InChI=1S/C18H20FNO3/c1-11-17(18(22)23-12-6-2-3-7-12)14(10-16(21)20-11)13-8-4-5-9-15(13)19/h4-5,8-9,12,14H,2-3,6-7,10H2,1H3,(H,20,21)/t14-/m0/s1. The SMILES string of the molecule is CC1=C(C(=O)OC2CCCC2)[C@H](c2ccccc2F)CC(=O)N1. The number of carbonyl (C=O) groups excluding carboxylic acids is 2. The van der Waals surface area contributed by atoms with Gasteiger partial charge in [-0.3, -0.25) is 4.79 Å². The van der Waals surface area contributed by atoms with Crippen molar-refractivity contribution in [2.75, 3.05) is 0 Å². The van der Waals surface area contributed by atoms with E-state index in [0.717, 1.165) is 25.7 Å². The van der Waals surface area contributed by atoms with Crippen LogP contribution >= 0.6 is 0 Å². The number of esters is 1. The third-order valence-electron chi connectivity index (χ3n) is 4.55. The zero-order valence-electron chi connectivity index (χ0n) is 13.1. The van der Waals surface area contributed by atoms with Crippen molar-refractivity contribution < 1.29 is 18.7 Å². The summed E-state index contributed by atoms with van der Waals surface area (Å²) in [6.07, 6.45) is 3.84. The highest BCUT2D eigenvalue weighted by molar-refractivity contribution is 5.95. The van der Waals surface area contributed by atoms with Crippen LogP contribution < -0.4 is 5.32 Å². The summed E-state index contributed by atoms with van der Waals surface area (Å²) in [6, 6.07) is 6.26. The molecule has 0 radical (unpaired) electrons. The summed E-state index contributed by atoms with van der Waals surface area (Å²) in [6.45, 7) is 1.66. The largest absolute Gasteiger partial charge is 0.459 e. The molecule has 2 aliphatic rings. The Labute approximate surface area is 134 Å². The predicted molar refractivity (Wildman–Crippen MR) is 82.9 cm³/mol. The zero-order valence-corrected chi connectivity index (χ0v) is 13.1. The fraction of sp³-hybridized carbons (Fsp3) is 0.444. The number of hydrogen-bond donors (Lipinski definition) is 1. The topological polar surface area (TPSA) is 55.4 Å². The second-order valence-electron chi connectivity index (χ2n) is 6.18. The molecule has 1 fully saturated rings. The Morgan fingerprint density at radius 3 is 2.65 bits per heavy atom. The van der Waals surface area contributed by atoms with Crippen LogP contribution in [0.1, 0.15) is 50.5 Å². The van der Waals surface area contributed by atoms with Gasteiger partial charge in [-0.15, -0.1) is 0 Å². The van der Waals surface area contributed by atoms with Gasteiger partial charge in [0.15, 0.2) is 0 Å². The van der Waals surface area contributed by atoms with Crippen molar-refractivity contribution in [3.8, 4) is 0 Å². The molecule has 0 bridgehead atoms. The number of allylic oxidation sites excluding steroid dienone is 1. The van der Waals surface area contributed by atoms with E-state index < -0.39 is 17.7 Å². The highest BCUT2D eigenvalue weighted by Crippen LogP contribution is 2.35. The summed E-state index contributed by atoms with van der Waals surface area (Å²) in [7, 11) is 0. The smallest absolute Gasteiger partial charge is 0.336 e. The van der Waals surface area contributed by atoms with Crippen LogP contribution in [0.5, 0.6) is 0 Å². The van der Waals surface area contributed by atoms with Crippen LogP contribution in [0.25, 0.3) is 0 Å². The van der Waals surface area contributed by atoms with Crippen LogP contribution in [-0.2, 0) is 14.3 Å². The quantitative estimate of drug-likeness (QED) is 0.871. The molecule has 0 unspecified atom stereocenters. The molecule has 1 heterocycles. The maximum Gasteiger partial charge on any atom is 0.336 e. The summed E-state index contributed by atoms with van der Waals surface area (Å²) < 4.78 is 19.7. The molecule has 1 aliphatic heterocycles. The highest BCUT2D eigenvalue weighted by atomic mass is 19.1. The lowest BCUT2D eigenvalue weighted by Gasteiger charge is -2.27. The van der Waals surface area contributed by atoms with Gasteiger partial charge in [0.05, 0.1) is 5.57 Å². The van der Waals surface area contributed by atoms with Gasteiger partial charge in [-0.2, -0.15) is 0 Å². The normalized spacial score (nSPS) is 22.2. The Bertz CT molecular complexity index is 662. The van der Waals surface area contributed by atoms with Crippen molar-refractivity contribution in [2.45, 2.75) is 51.0 Å². The van der Waals surface area contributed by atoms with E-state index in [1.165, 1.54) is 6.07 Å². The summed E-state index contributed by atoms with van der Waals surface area (Å²) in [4.78, 5) is 24.5. The first-order valence-corrected chi connectivity index (χ1v) is 8.02. The van der Waals surface area contributed by atoms with E-state index in [9.17, 15) is 14.0 Å². The second-order valence-corrected chi connectivity index (χ2v) is 6.18. The Hall–Kier alpha value is -2.17. The molecular formula is C18H20FNO3. The van der Waals surface area contributed by atoms with Crippen molar-refractivity contribution in [1.82, 2.24) is 5.32 Å². The fourth-order valence-electron chi connectivity index (χ4n) is 3.42. The summed E-state index contributed by atoms with van der Waals surface area (Å²) in [5.74, 6) is -1.67. The minimum atomic E-state index is -0.598. The zero-order chi connectivity index (χ0) is 16.4. The third-order valence-corrected chi connectivity index (χ3v) is 4.55. The number of rotatable bonds is 3. The maximum absolute atomic E-state index is 14.2. The van der Waals surface area contributed by atoms with Gasteiger partial charge in [-0.05, 0) is 44.2 Å². The van der Waals surface area contributed by atoms with Gasteiger partial charge < -0.3 is 10.1 Å². The number of carbonyl (C=O) groups is 2. The van der Waals surface area contributed by atoms with E-state index in [4.69, 9.17) is 4.74 Å². The minimum absolute atomic E-state index is 0.0490. The van der Waals surface area contributed by atoms with Gasteiger partial charge in [-0.25, -0.2) is 9.18 Å². The van der Waals surface area contributed by atoms with Gasteiger partial charge in [0.2, 0.25) is 5.91 Å². The van der Waals surface area contributed by atoms with Crippen LogP contribution in [0, 0.1) is 5.82 Å². The van der Waals surface area contributed by atoms with Gasteiger partial charge in [0, 0.05) is 18.0 Å². The molecule has 1 aromatic carbocycles. The van der Waals surface area contributed by atoms with E-state index in [1.54, 1.807) is 25.1 Å². The Balaban J connectivity index is 1.92. The molecule has 1 aromatic rings. The van der Waals surface area contributed by atoms with Crippen molar-refractivity contribution in [1.29, 1.82) is 0 Å². The maximum atomic E-state index is 14.2. The highest BCUT2D eigenvalue weighted by Gasteiger charge is 2.35. The summed E-state index contributed by atoms with van der Waals surface area (Å²) >= 11 is 0. The van der Waals surface area contributed by atoms with Gasteiger partial charge in [-0.1, -0.05) is 18.2 Å².